The number of rotatable bonds is 2. The van der Waals surface area contributed by atoms with Crippen molar-refractivity contribution < 1.29 is 18.3 Å². The molecular formula is C12H18F2O2. The SMILES string of the molecule is CC(F)(F)C(=O)OC1CCC2CCCC2C1. The lowest BCUT2D eigenvalue weighted by Crippen LogP contribution is -2.34. The van der Waals surface area contributed by atoms with Gasteiger partial charge in [-0.3, -0.25) is 0 Å². The quantitative estimate of drug-likeness (QED) is 0.684. The topological polar surface area (TPSA) is 26.3 Å². The third kappa shape index (κ3) is 2.53. The van der Waals surface area contributed by atoms with E-state index >= 15 is 0 Å². The van der Waals surface area contributed by atoms with Crippen LogP contribution in [0.25, 0.3) is 0 Å². The lowest BCUT2D eigenvalue weighted by Gasteiger charge is -2.31. The summed E-state index contributed by atoms with van der Waals surface area (Å²) in [7, 11) is 0. The van der Waals surface area contributed by atoms with Crippen molar-refractivity contribution in [2.24, 2.45) is 11.8 Å². The first-order valence-corrected chi connectivity index (χ1v) is 6.05. The predicted molar refractivity (Wildman–Crippen MR) is 55.2 cm³/mol. The molecule has 0 bridgehead atoms. The number of carbonyl (C=O) groups excluding carboxylic acids is 1. The molecule has 0 aromatic carbocycles. The van der Waals surface area contributed by atoms with Crippen molar-refractivity contribution in [3.05, 3.63) is 0 Å². The number of halogens is 2. The number of ether oxygens (including phenoxy) is 1. The van der Waals surface area contributed by atoms with Gasteiger partial charge in [-0.15, -0.1) is 0 Å². The minimum Gasteiger partial charge on any atom is -0.458 e. The predicted octanol–water partition coefficient (Wildman–Crippen LogP) is 3.15. The molecule has 0 heterocycles. The Morgan fingerprint density at radius 1 is 1.19 bits per heavy atom. The average molecular weight is 232 g/mol. The molecule has 2 fully saturated rings. The van der Waals surface area contributed by atoms with Crippen LogP contribution in [0.2, 0.25) is 0 Å². The number of carbonyl (C=O) groups is 1. The highest BCUT2D eigenvalue weighted by molar-refractivity contribution is 5.77. The van der Waals surface area contributed by atoms with Gasteiger partial charge >= 0.3 is 11.9 Å². The molecule has 0 aliphatic heterocycles. The van der Waals surface area contributed by atoms with Gasteiger partial charge in [-0.05, 0) is 31.1 Å². The first-order valence-electron chi connectivity index (χ1n) is 6.05. The number of hydrogen-bond donors (Lipinski definition) is 0. The zero-order chi connectivity index (χ0) is 11.8. The molecule has 0 radical (unpaired) electrons. The van der Waals surface area contributed by atoms with E-state index in [0.717, 1.165) is 25.2 Å². The van der Waals surface area contributed by atoms with Crippen LogP contribution in [0.5, 0.6) is 0 Å². The largest absolute Gasteiger partial charge is 0.458 e. The second kappa shape index (κ2) is 4.30. The van der Waals surface area contributed by atoms with E-state index in [4.69, 9.17) is 4.74 Å². The fourth-order valence-corrected chi connectivity index (χ4v) is 3.02. The smallest absolute Gasteiger partial charge is 0.376 e. The summed E-state index contributed by atoms with van der Waals surface area (Å²) in [6.07, 6.45) is 5.95. The van der Waals surface area contributed by atoms with Crippen LogP contribution in [0.3, 0.4) is 0 Å². The third-order valence-corrected chi connectivity index (χ3v) is 3.87. The lowest BCUT2D eigenvalue weighted by atomic mass is 9.80. The van der Waals surface area contributed by atoms with Gasteiger partial charge in [0.1, 0.15) is 6.10 Å². The molecule has 0 N–H and O–H groups in total. The summed E-state index contributed by atoms with van der Waals surface area (Å²) in [5, 5.41) is 0. The molecule has 3 atom stereocenters. The summed E-state index contributed by atoms with van der Waals surface area (Å²) in [4.78, 5) is 11.1. The monoisotopic (exact) mass is 232 g/mol. The van der Waals surface area contributed by atoms with E-state index < -0.39 is 11.9 Å². The normalized spacial score (nSPS) is 34.6. The molecule has 2 saturated carbocycles. The highest BCUT2D eigenvalue weighted by Gasteiger charge is 2.39. The van der Waals surface area contributed by atoms with Crippen molar-refractivity contribution >= 4 is 5.97 Å². The van der Waals surface area contributed by atoms with Crippen molar-refractivity contribution in [1.82, 2.24) is 0 Å². The summed E-state index contributed by atoms with van der Waals surface area (Å²) in [6, 6.07) is 0. The van der Waals surface area contributed by atoms with Crippen molar-refractivity contribution in [3.8, 4) is 0 Å². The van der Waals surface area contributed by atoms with Crippen molar-refractivity contribution in [2.75, 3.05) is 0 Å². The van der Waals surface area contributed by atoms with Gasteiger partial charge in [0.2, 0.25) is 0 Å². The summed E-state index contributed by atoms with van der Waals surface area (Å²) >= 11 is 0. The Hall–Kier alpha value is -0.670. The maximum atomic E-state index is 12.7. The van der Waals surface area contributed by atoms with Crippen molar-refractivity contribution in [3.63, 3.8) is 0 Å². The van der Waals surface area contributed by atoms with E-state index in [1.807, 2.05) is 0 Å². The first-order chi connectivity index (χ1) is 7.47. The number of fused-ring (bicyclic) bond motifs is 1. The number of alkyl halides is 2. The van der Waals surface area contributed by atoms with Crippen molar-refractivity contribution in [1.29, 1.82) is 0 Å². The zero-order valence-electron chi connectivity index (χ0n) is 9.55. The van der Waals surface area contributed by atoms with Gasteiger partial charge in [-0.25, -0.2) is 4.79 Å². The molecular weight excluding hydrogens is 214 g/mol. The Bertz CT molecular complexity index is 273. The van der Waals surface area contributed by atoms with Crippen LogP contribution < -0.4 is 0 Å². The number of hydrogen-bond acceptors (Lipinski definition) is 2. The lowest BCUT2D eigenvalue weighted by molar-refractivity contribution is -0.177. The van der Waals surface area contributed by atoms with E-state index in [9.17, 15) is 13.6 Å². The van der Waals surface area contributed by atoms with Gasteiger partial charge in [0.15, 0.2) is 0 Å². The molecule has 0 aromatic rings. The summed E-state index contributed by atoms with van der Waals surface area (Å²) < 4.78 is 30.2. The van der Waals surface area contributed by atoms with Crippen LogP contribution in [0.1, 0.15) is 45.4 Å². The molecule has 0 spiro atoms. The first kappa shape index (κ1) is 11.8. The standard InChI is InChI=1S/C12H18F2O2/c1-12(13,14)11(15)16-10-6-5-8-3-2-4-9(8)7-10/h8-10H,2-7H2,1H3. The average Bonchev–Trinajstić information content (AvgIpc) is 2.63. The second-order valence-electron chi connectivity index (χ2n) is 5.18. The molecule has 3 unspecified atom stereocenters. The zero-order valence-corrected chi connectivity index (χ0v) is 9.55. The van der Waals surface area contributed by atoms with E-state index in [2.05, 4.69) is 0 Å². The number of esters is 1. The van der Waals surface area contributed by atoms with E-state index in [0.29, 0.717) is 12.8 Å². The van der Waals surface area contributed by atoms with Gasteiger partial charge in [-0.1, -0.05) is 19.3 Å². The summed E-state index contributed by atoms with van der Waals surface area (Å²) in [6.45, 7) is 0.594. The highest BCUT2D eigenvalue weighted by Crippen LogP contribution is 2.43. The van der Waals surface area contributed by atoms with Crippen LogP contribution in [-0.2, 0) is 9.53 Å². The Kier molecular flexibility index (Phi) is 3.17. The highest BCUT2D eigenvalue weighted by atomic mass is 19.3. The molecule has 2 aliphatic rings. The van der Waals surface area contributed by atoms with Crippen LogP contribution >= 0.6 is 0 Å². The van der Waals surface area contributed by atoms with E-state index in [-0.39, 0.29) is 6.10 Å². The molecule has 2 nitrogen and oxygen atoms in total. The molecule has 0 saturated heterocycles. The van der Waals surface area contributed by atoms with Crippen LogP contribution in [0.15, 0.2) is 0 Å². The Morgan fingerprint density at radius 3 is 2.56 bits per heavy atom. The molecule has 16 heavy (non-hydrogen) atoms. The molecule has 4 heteroatoms. The molecule has 2 rings (SSSR count). The molecule has 0 amide bonds. The van der Waals surface area contributed by atoms with Gasteiger partial charge in [0.25, 0.3) is 0 Å². The van der Waals surface area contributed by atoms with E-state index in [1.54, 1.807) is 0 Å². The fraction of sp³-hybridized carbons (Fsp3) is 0.917. The van der Waals surface area contributed by atoms with Gasteiger partial charge in [0.05, 0.1) is 0 Å². The van der Waals surface area contributed by atoms with Gasteiger partial charge in [-0.2, -0.15) is 8.78 Å². The fourth-order valence-electron chi connectivity index (χ4n) is 3.02. The Morgan fingerprint density at radius 2 is 1.88 bits per heavy atom. The minimum atomic E-state index is -3.35. The van der Waals surface area contributed by atoms with Gasteiger partial charge < -0.3 is 4.74 Å². The Labute approximate surface area is 94.3 Å². The molecule has 2 aliphatic carbocycles. The van der Waals surface area contributed by atoms with Crippen molar-refractivity contribution in [2.45, 2.75) is 57.5 Å². The van der Waals surface area contributed by atoms with Gasteiger partial charge in [0, 0.05) is 6.92 Å². The summed E-state index contributed by atoms with van der Waals surface area (Å²) in [5.74, 6) is -3.38. The minimum absolute atomic E-state index is 0.280. The molecule has 0 aromatic heterocycles. The Balaban J connectivity index is 1.85. The second-order valence-corrected chi connectivity index (χ2v) is 5.18. The maximum Gasteiger partial charge on any atom is 0.376 e. The molecule has 92 valence electrons. The van der Waals surface area contributed by atoms with Crippen LogP contribution in [0, 0.1) is 11.8 Å². The van der Waals surface area contributed by atoms with Crippen LogP contribution in [-0.4, -0.2) is 18.0 Å². The third-order valence-electron chi connectivity index (χ3n) is 3.87. The summed E-state index contributed by atoms with van der Waals surface area (Å²) in [5.41, 5.74) is 0. The van der Waals surface area contributed by atoms with E-state index in [1.165, 1.54) is 19.3 Å². The maximum absolute atomic E-state index is 12.7. The van der Waals surface area contributed by atoms with Crippen LogP contribution in [0.4, 0.5) is 8.78 Å².